The van der Waals surface area contributed by atoms with Crippen molar-refractivity contribution in [3.63, 3.8) is 0 Å². The minimum absolute atomic E-state index is 0.0501. The number of nitro groups is 1. The van der Waals surface area contributed by atoms with Crippen LogP contribution in [0.4, 0.5) is 5.69 Å². The molecule has 1 saturated heterocycles. The number of sulfonamides is 1. The van der Waals surface area contributed by atoms with Gasteiger partial charge >= 0.3 is 6.01 Å². The molecule has 0 radical (unpaired) electrons. The molecule has 0 bridgehead atoms. The predicted octanol–water partition coefficient (Wildman–Crippen LogP) is 2.49. The van der Waals surface area contributed by atoms with Crippen LogP contribution in [-0.4, -0.2) is 46.8 Å². The molecular weight excluding hydrogens is 384 g/mol. The monoisotopic (exact) mass is 406 g/mol. The Labute approximate surface area is 163 Å². The van der Waals surface area contributed by atoms with E-state index in [0.29, 0.717) is 24.9 Å². The summed E-state index contributed by atoms with van der Waals surface area (Å²) >= 11 is 0. The van der Waals surface area contributed by atoms with E-state index in [2.05, 4.69) is 9.97 Å². The van der Waals surface area contributed by atoms with Crippen molar-refractivity contribution in [3.05, 3.63) is 51.8 Å². The number of piperidine rings is 1. The molecule has 1 fully saturated rings. The summed E-state index contributed by atoms with van der Waals surface area (Å²) in [7, 11) is -3.88. The van der Waals surface area contributed by atoms with Crippen molar-refractivity contribution in [1.82, 2.24) is 14.3 Å². The molecule has 0 saturated carbocycles. The van der Waals surface area contributed by atoms with Crippen molar-refractivity contribution in [2.45, 2.75) is 44.1 Å². The number of aryl methyl sites for hydroxylation is 2. The van der Waals surface area contributed by atoms with Gasteiger partial charge in [0.15, 0.2) is 0 Å². The fraction of sp³-hybridized carbons (Fsp3) is 0.444. The smallest absolute Gasteiger partial charge is 0.316 e. The van der Waals surface area contributed by atoms with Crippen LogP contribution in [0.3, 0.4) is 0 Å². The molecule has 150 valence electrons. The summed E-state index contributed by atoms with van der Waals surface area (Å²) in [5.74, 6) is 0. The molecule has 10 heteroatoms. The first-order valence-corrected chi connectivity index (χ1v) is 10.5. The molecule has 0 amide bonds. The number of ether oxygens (including phenoxy) is 1. The van der Waals surface area contributed by atoms with E-state index in [1.807, 2.05) is 6.92 Å². The van der Waals surface area contributed by atoms with Gasteiger partial charge in [0.2, 0.25) is 10.0 Å². The van der Waals surface area contributed by atoms with E-state index in [-0.39, 0.29) is 29.2 Å². The van der Waals surface area contributed by atoms with Gasteiger partial charge in [0.25, 0.3) is 5.69 Å². The number of non-ortho nitro benzene ring substituents is 1. The maximum atomic E-state index is 13.1. The van der Waals surface area contributed by atoms with Crippen LogP contribution in [0.15, 0.2) is 35.5 Å². The summed E-state index contributed by atoms with van der Waals surface area (Å²) in [6.07, 6.45) is 5.11. The summed E-state index contributed by atoms with van der Waals surface area (Å²) < 4.78 is 33.2. The van der Waals surface area contributed by atoms with Crippen LogP contribution < -0.4 is 4.74 Å². The Kier molecular flexibility index (Phi) is 5.90. The van der Waals surface area contributed by atoms with Crippen LogP contribution in [0.25, 0.3) is 0 Å². The molecule has 1 aromatic heterocycles. The van der Waals surface area contributed by atoms with Gasteiger partial charge in [0.05, 0.1) is 16.4 Å². The second-order valence-corrected chi connectivity index (χ2v) is 8.59. The summed E-state index contributed by atoms with van der Waals surface area (Å²) in [5.41, 5.74) is 1.20. The topological polar surface area (TPSA) is 116 Å². The zero-order valence-electron chi connectivity index (χ0n) is 15.7. The van der Waals surface area contributed by atoms with E-state index >= 15 is 0 Å². The maximum absolute atomic E-state index is 13.1. The van der Waals surface area contributed by atoms with Crippen LogP contribution in [-0.2, 0) is 16.4 Å². The first-order valence-electron chi connectivity index (χ1n) is 9.04. The molecule has 2 heterocycles. The molecule has 1 aliphatic rings. The molecule has 0 N–H and O–H groups in total. The first kappa shape index (κ1) is 20.2. The average molecular weight is 406 g/mol. The lowest BCUT2D eigenvalue weighted by atomic mass is 10.1. The average Bonchev–Trinajstić information content (AvgIpc) is 2.69. The SMILES string of the molecule is CCc1cnc(OC2CCCN(S(=O)(=O)c3cc([N+](=O)[O-])ccc3C)C2)nc1. The van der Waals surface area contributed by atoms with Gasteiger partial charge in [-0.05, 0) is 37.3 Å². The lowest BCUT2D eigenvalue weighted by Gasteiger charge is -2.31. The van der Waals surface area contributed by atoms with E-state index in [0.717, 1.165) is 18.1 Å². The van der Waals surface area contributed by atoms with Gasteiger partial charge in [-0.2, -0.15) is 4.31 Å². The molecule has 9 nitrogen and oxygen atoms in total. The first-order chi connectivity index (χ1) is 13.3. The van der Waals surface area contributed by atoms with Crippen LogP contribution >= 0.6 is 0 Å². The van der Waals surface area contributed by atoms with Crippen molar-refractivity contribution >= 4 is 15.7 Å². The molecule has 1 aromatic carbocycles. The quantitative estimate of drug-likeness (QED) is 0.534. The molecule has 3 rings (SSSR count). The zero-order chi connectivity index (χ0) is 20.3. The Morgan fingerprint density at radius 3 is 2.68 bits per heavy atom. The number of nitro benzene ring substituents is 1. The van der Waals surface area contributed by atoms with Crippen LogP contribution in [0.2, 0.25) is 0 Å². The second kappa shape index (κ2) is 8.19. The van der Waals surface area contributed by atoms with Gasteiger partial charge in [-0.1, -0.05) is 13.0 Å². The number of rotatable bonds is 6. The van der Waals surface area contributed by atoms with Gasteiger partial charge in [0.1, 0.15) is 6.10 Å². The Bertz CT molecular complexity index is 962. The fourth-order valence-corrected chi connectivity index (χ4v) is 4.83. The van der Waals surface area contributed by atoms with Gasteiger partial charge in [-0.3, -0.25) is 10.1 Å². The highest BCUT2D eigenvalue weighted by Crippen LogP contribution is 2.27. The molecule has 1 atom stereocenters. The van der Waals surface area contributed by atoms with Gasteiger partial charge in [-0.25, -0.2) is 18.4 Å². The van der Waals surface area contributed by atoms with Gasteiger partial charge < -0.3 is 4.74 Å². The van der Waals surface area contributed by atoms with Crippen molar-refractivity contribution in [1.29, 1.82) is 0 Å². The van der Waals surface area contributed by atoms with Gasteiger partial charge in [0, 0.05) is 31.1 Å². The molecule has 0 spiro atoms. The summed E-state index contributed by atoms with van der Waals surface area (Å²) in [6, 6.07) is 4.08. The number of aromatic nitrogens is 2. The number of hydrogen-bond donors (Lipinski definition) is 0. The number of hydrogen-bond acceptors (Lipinski definition) is 7. The minimum Gasteiger partial charge on any atom is -0.459 e. The lowest BCUT2D eigenvalue weighted by molar-refractivity contribution is -0.385. The lowest BCUT2D eigenvalue weighted by Crippen LogP contribution is -2.44. The van der Waals surface area contributed by atoms with Gasteiger partial charge in [-0.15, -0.1) is 0 Å². The van der Waals surface area contributed by atoms with Crippen molar-refractivity contribution in [3.8, 4) is 6.01 Å². The second-order valence-electron chi connectivity index (χ2n) is 6.68. The fourth-order valence-electron chi connectivity index (χ4n) is 3.07. The summed E-state index contributed by atoms with van der Waals surface area (Å²) in [6.45, 7) is 4.10. The van der Waals surface area contributed by atoms with Crippen molar-refractivity contribution in [2.24, 2.45) is 0 Å². The Morgan fingerprint density at radius 2 is 2.04 bits per heavy atom. The Hall–Kier alpha value is -2.59. The third-order valence-corrected chi connectivity index (χ3v) is 6.71. The molecule has 0 aliphatic carbocycles. The van der Waals surface area contributed by atoms with Crippen molar-refractivity contribution < 1.29 is 18.1 Å². The van der Waals surface area contributed by atoms with E-state index in [9.17, 15) is 18.5 Å². The summed E-state index contributed by atoms with van der Waals surface area (Å²) in [4.78, 5) is 18.7. The molecule has 28 heavy (non-hydrogen) atoms. The van der Waals surface area contributed by atoms with E-state index in [4.69, 9.17) is 4.74 Å². The van der Waals surface area contributed by atoms with E-state index in [1.54, 1.807) is 19.3 Å². The molecule has 1 unspecified atom stereocenters. The third kappa shape index (κ3) is 4.28. The maximum Gasteiger partial charge on any atom is 0.316 e. The molecule has 2 aromatic rings. The van der Waals surface area contributed by atoms with E-state index < -0.39 is 14.9 Å². The summed E-state index contributed by atoms with van der Waals surface area (Å²) in [5, 5.41) is 11.0. The predicted molar refractivity (Wildman–Crippen MR) is 102 cm³/mol. The minimum atomic E-state index is -3.88. The Morgan fingerprint density at radius 1 is 1.32 bits per heavy atom. The van der Waals surface area contributed by atoms with Crippen molar-refractivity contribution in [2.75, 3.05) is 13.1 Å². The van der Waals surface area contributed by atoms with E-state index in [1.165, 1.54) is 16.4 Å². The molecular formula is C18H22N4O5S. The van der Waals surface area contributed by atoms with Crippen LogP contribution in [0.5, 0.6) is 6.01 Å². The normalized spacial score (nSPS) is 18.0. The number of benzene rings is 1. The highest BCUT2D eigenvalue weighted by Gasteiger charge is 2.33. The molecule has 1 aliphatic heterocycles. The standard InChI is InChI=1S/C18H22N4O5S/c1-3-14-10-19-18(20-11-14)27-16-5-4-8-21(12-16)28(25,26)17-9-15(22(23)24)7-6-13(17)2/h6-7,9-11,16H,3-5,8,12H2,1-2H3. The zero-order valence-corrected chi connectivity index (χ0v) is 16.6. The number of nitrogens with zero attached hydrogens (tertiary/aromatic N) is 4. The highest BCUT2D eigenvalue weighted by molar-refractivity contribution is 7.89. The Balaban J connectivity index is 1.79. The van der Waals surface area contributed by atoms with Crippen LogP contribution in [0, 0.1) is 17.0 Å². The highest BCUT2D eigenvalue weighted by atomic mass is 32.2. The van der Waals surface area contributed by atoms with Crippen LogP contribution in [0.1, 0.15) is 30.9 Å². The largest absolute Gasteiger partial charge is 0.459 e. The third-order valence-electron chi connectivity index (χ3n) is 4.70.